The summed E-state index contributed by atoms with van der Waals surface area (Å²) in [6, 6.07) is 10.7. The molecule has 30 heavy (non-hydrogen) atoms. The quantitative estimate of drug-likeness (QED) is 0.496. The molecule has 2 aromatic carbocycles. The molecule has 1 aliphatic rings. The number of nitrogens with zero attached hydrogens (tertiary/aromatic N) is 2. The van der Waals surface area contributed by atoms with Gasteiger partial charge in [-0.15, -0.1) is 0 Å². The van der Waals surface area contributed by atoms with Gasteiger partial charge in [0.2, 0.25) is 0 Å². The zero-order chi connectivity index (χ0) is 21.3. The Morgan fingerprint density at radius 2 is 1.80 bits per heavy atom. The lowest BCUT2D eigenvalue weighted by Gasteiger charge is -2.21. The molecule has 0 amide bonds. The van der Waals surface area contributed by atoms with Gasteiger partial charge in [0, 0.05) is 11.5 Å². The number of carbonyl (C=O) groups excluding carboxylic acids is 1. The molecule has 1 aliphatic heterocycles. The summed E-state index contributed by atoms with van der Waals surface area (Å²) >= 11 is 0. The molecule has 0 saturated carbocycles. The number of benzene rings is 2. The maximum atomic E-state index is 12.8. The van der Waals surface area contributed by atoms with Crippen molar-refractivity contribution < 1.29 is 27.8 Å². The SMILES string of the molecule is O=C(Oc1cc2cc(O)ccc2cc1-c1ccc(C2CCNCC2)nn1)C(F)(F)F. The Labute approximate surface area is 169 Å². The summed E-state index contributed by atoms with van der Waals surface area (Å²) in [5.41, 5.74) is 1.31. The fourth-order valence-electron chi connectivity index (χ4n) is 3.53. The number of rotatable bonds is 3. The molecule has 9 heteroatoms. The smallest absolute Gasteiger partial charge is 0.491 e. The van der Waals surface area contributed by atoms with E-state index in [0.29, 0.717) is 10.8 Å². The number of halogens is 3. The van der Waals surface area contributed by atoms with E-state index in [2.05, 4.69) is 20.3 Å². The van der Waals surface area contributed by atoms with Gasteiger partial charge in [-0.25, -0.2) is 4.79 Å². The van der Waals surface area contributed by atoms with Crippen molar-refractivity contribution in [2.45, 2.75) is 24.9 Å². The van der Waals surface area contributed by atoms with Gasteiger partial charge in [-0.05, 0) is 73.1 Å². The van der Waals surface area contributed by atoms with Gasteiger partial charge >= 0.3 is 12.1 Å². The second kappa shape index (κ2) is 7.91. The largest absolute Gasteiger partial charge is 0.508 e. The lowest BCUT2D eigenvalue weighted by atomic mass is 9.94. The van der Waals surface area contributed by atoms with Crippen molar-refractivity contribution in [3.8, 4) is 22.8 Å². The van der Waals surface area contributed by atoms with Crippen LogP contribution in [0.3, 0.4) is 0 Å². The van der Waals surface area contributed by atoms with Crippen LogP contribution >= 0.6 is 0 Å². The Morgan fingerprint density at radius 1 is 1.03 bits per heavy atom. The first-order valence-corrected chi connectivity index (χ1v) is 9.42. The number of phenolic OH excluding ortho intramolecular Hbond substituents is 1. The summed E-state index contributed by atoms with van der Waals surface area (Å²) in [6.07, 6.45) is -3.28. The molecule has 1 aromatic heterocycles. The number of carbonyl (C=O) groups is 1. The average Bonchev–Trinajstić information content (AvgIpc) is 2.73. The Bertz CT molecular complexity index is 1080. The average molecular weight is 417 g/mol. The molecule has 2 N–H and O–H groups in total. The minimum atomic E-state index is -5.14. The molecule has 0 spiro atoms. The number of hydrogen-bond donors (Lipinski definition) is 2. The van der Waals surface area contributed by atoms with Crippen molar-refractivity contribution in [2.24, 2.45) is 0 Å². The molecule has 0 radical (unpaired) electrons. The Balaban J connectivity index is 1.74. The minimum Gasteiger partial charge on any atom is -0.508 e. The normalized spacial score (nSPS) is 15.3. The molecule has 3 aromatic rings. The van der Waals surface area contributed by atoms with Gasteiger partial charge in [0.25, 0.3) is 0 Å². The first kappa shape index (κ1) is 20.1. The van der Waals surface area contributed by atoms with Crippen LogP contribution in [0.5, 0.6) is 11.5 Å². The van der Waals surface area contributed by atoms with E-state index >= 15 is 0 Å². The van der Waals surface area contributed by atoms with Crippen LogP contribution in [0.15, 0.2) is 42.5 Å². The number of phenols is 1. The Hall–Kier alpha value is -3.20. The van der Waals surface area contributed by atoms with E-state index in [9.17, 15) is 23.1 Å². The highest BCUT2D eigenvalue weighted by molar-refractivity contribution is 5.92. The number of esters is 1. The summed E-state index contributed by atoms with van der Waals surface area (Å²) < 4.78 is 42.9. The maximum absolute atomic E-state index is 12.8. The monoisotopic (exact) mass is 417 g/mol. The van der Waals surface area contributed by atoms with Crippen LogP contribution in [0.25, 0.3) is 22.0 Å². The fraction of sp³-hybridized carbons (Fsp3) is 0.286. The number of piperidine rings is 1. The number of alkyl halides is 3. The van der Waals surface area contributed by atoms with Gasteiger partial charge in [-0.3, -0.25) is 0 Å². The zero-order valence-electron chi connectivity index (χ0n) is 15.7. The summed E-state index contributed by atoms with van der Waals surface area (Å²) in [5.74, 6) is -2.42. The van der Waals surface area contributed by atoms with Crippen molar-refractivity contribution in [3.05, 3.63) is 48.2 Å². The van der Waals surface area contributed by atoms with Crippen LogP contribution in [0.1, 0.15) is 24.5 Å². The molecule has 0 unspecified atom stereocenters. The third kappa shape index (κ3) is 4.20. The number of fused-ring (bicyclic) bond motifs is 1. The van der Waals surface area contributed by atoms with Crippen LogP contribution in [-0.2, 0) is 4.79 Å². The molecular weight excluding hydrogens is 399 g/mol. The highest BCUT2D eigenvalue weighted by atomic mass is 19.4. The molecule has 4 rings (SSSR count). The van der Waals surface area contributed by atoms with E-state index in [-0.39, 0.29) is 28.7 Å². The summed E-state index contributed by atoms with van der Waals surface area (Å²) in [4.78, 5) is 11.4. The molecule has 0 atom stereocenters. The highest BCUT2D eigenvalue weighted by Crippen LogP contribution is 2.36. The van der Waals surface area contributed by atoms with Gasteiger partial charge in [-0.1, -0.05) is 6.07 Å². The van der Waals surface area contributed by atoms with E-state index in [1.165, 1.54) is 18.2 Å². The summed E-state index contributed by atoms with van der Waals surface area (Å²) in [5, 5.41) is 22.4. The van der Waals surface area contributed by atoms with Crippen molar-refractivity contribution >= 4 is 16.7 Å². The third-order valence-corrected chi connectivity index (χ3v) is 5.07. The van der Waals surface area contributed by atoms with Crippen molar-refractivity contribution in [3.63, 3.8) is 0 Å². The van der Waals surface area contributed by atoms with Crippen LogP contribution in [0.4, 0.5) is 13.2 Å². The zero-order valence-corrected chi connectivity index (χ0v) is 15.7. The topological polar surface area (TPSA) is 84.3 Å². The Morgan fingerprint density at radius 3 is 2.47 bits per heavy atom. The molecule has 1 fully saturated rings. The summed E-state index contributed by atoms with van der Waals surface area (Å²) in [7, 11) is 0. The predicted octanol–water partition coefficient (Wildman–Crippen LogP) is 3.94. The molecule has 1 saturated heterocycles. The van der Waals surface area contributed by atoms with Crippen LogP contribution in [0.2, 0.25) is 0 Å². The summed E-state index contributed by atoms with van der Waals surface area (Å²) in [6.45, 7) is 1.78. The van der Waals surface area contributed by atoms with Crippen molar-refractivity contribution in [1.82, 2.24) is 15.5 Å². The lowest BCUT2D eigenvalue weighted by Crippen LogP contribution is -2.28. The van der Waals surface area contributed by atoms with E-state index < -0.39 is 12.1 Å². The second-order valence-corrected chi connectivity index (χ2v) is 7.13. The number of ether oxygens (including phenoxy) is 1. The molecule has 156 valence electrons. The first-order valence-electron chi connectivity index (χ1n) is 9.42. The number of aromatic hydroxyl groups is 1. The van der Waals surface area contributed by atoms with Gasteiger partial charge < -0.3 is 15.2 Å². The van der Waals surface area contributed by atoms with Crippen molar-refractivity contribution in [1.29, 1.82) is 0 Å². The molecule has 0 bridgehead atoms. The molecule has 0 aliphatic carbocycles. The van der Waals surface area contributed by atoms with E-state index in [1.54, 1.807) is 24.3 Å². The van der Waals surface area contributed by atoms with Crippen LogP contribution < -0.4 is 10.1 Å². The van der Waals surface area contributed by atoms with Crippen LogP contribution in [0, 0.1) is 0 Å². The van der Waals surface area contributed by atoms with Crippen molar-refractivity contribution in [2.75, 3.05) is 13.1 Å². The molecule has 2 heterocycles. The molecular formula is C21H18F3N3O3. The Kier molecular flexibility index (Phi) is 5.29. The second-order valence-electron chi connectivity index (χ2n) is 7.13. The van der Waals surface area contributed by atoms with Gasteiger partial charge in [0.1, 0.15) is 11.5 Å². The third-order valence-electron chi connectivity index (χ3n) is 5.07. The standard InChI is InChI=1S/C21H18F3N3O3/c22-21(23,24)20(29)30-19-11-14-9-15(28)2-1-13(14)10-16(19)18-4-3-17(26-27-18)12-5-7-25-8-6-12/h1-4,9-12,25,28H,5-8H2. The first-order chi connectivity index (χ1) is 14.3. The van der Waals surface area contributed by atoms with Gasteiger partial charge in [0.05, 0.1) is 11.4 Å². The van der Waals surface area contributed by atoms with Gasteiger partial charge in [0.15, 0.2) is 0 Å². The van der Waals surface area contributed by atoms with E-state index in [0.717, 1.165) is 31.6 Å². The number of hydrogen-bond acceptors (Lipinski definition) is 6. The molecule has 6 nitrogen and oxygen atoms in total. The van der Waals surface area contributed by atoms with Gasteiger partial charge in [-0.2, -0.15) is 23.4 Å². The number of nitrogens with one attached hydrogen (secondary N) is 1. The lowest BCUT2D eigenvalue weighted by molar-refractivity contribution is -0.189. The predicted molar refractivity (Wildman–Crippen MR) is 103 cm³/mol. The maximum Gasteiger partial charge on any atom is 0.491 e. The van der Waals surface area contributed by atoms with E-state index in [1.807, 2.05) is 0 Å². The fourth-order valence-corrected chi connectivity index (χ4v) is 3.53. The highest BCUT2D eigenvalue weighted by Gasteiger charge is 2.41. The minimum absolute atomic E-state index is 0.0607. The van der Waals surface area contributed by atoms with Crippen LogP contribution in [-0.4, -0.2) is 40.5 Å². The number of aromatic nitrogens is 2. The van der Waals surface area contributed by atoms with E-state index in [4.69, 9.17) is 0 Å².